The molecule has 2 aromatic heterocycles. The van der Waals surface area contributed by atoms with Crippen molar-refractivity contribution >= 4 is 5.91 Å². The molecule has 0 radical (unpaired) electrons. The highest BCUT2D eigenvalue weighted by molar-refractivity contribution is 5.93. The Morgan fingerprint density at radius 3 is 2.81 bits per heavy atom. The van der Waals surface area contributed by atoms with Crippen LogP contribution < -0.4 is 5.32 Å². The Morgan fingerprint density at radius 2 is 2.04 bits per heavy atom. The third-order valence-electron chi connectivity index (χ3n) is 5.66. The number of nitrogens with one attached hydrogen (secondary N) is 1. The summed E-state index contributed by atoms with van der Waals surface area (Å²) in [6.45, 7) is 4.94. The summed E-state index contributed by atoms with van der Waals surface area (Å²) in [6.07, 6.45) is 8.71. The summed E-state index contributed by atoms with van der Waals surface area (Å²) >= 11 is 0. The van der Waals surface area contributed by atoms with Crippen LogP contribution in [0.4, 0.5) is 0 Å². The number of pyridine rings is 1. The Kier molecular flexibility index (Phi) is 4.97. The van der Waals surface area contributed by atoms with Crippen molar-refractivity contribution in [2.24, 2.45) is 5.92 Å². The number of hydrogen-bond donors (Lipinski definition) is 1. The van der Waals surface area contributed by atoms with Gasteiger partial charge in [-0.3, -0.25) is 9.78 Å². The first-order chi connectivity index (χ1) is 12.7. The van der Waals surface area contributed by atoms with Crippen molar-refractivity contribution in [3.8, 4) is 0 Å². The predicted molar refractivity (Wildman–Crippen MR) is 97.6 cm³/mol. The van der Waals surface area contributed by atoms with E-state index < -0.39 is 0 Å². The number of carbonyl (C=O) groups excluding carboxylic acids is 1. The predicted octanol–water partition coefficient (Wildman–Crippen LogP) is 1.96. The third-order valence-corrected chi connectivity index (χ3v) is 5.66. The van der Waals surface area contributed by atoms with Crippen LogP contribution in [-0.4, -0.2) is 50.4 Å². The van der Waals surface area contributed by atoms with Gasteiger partial charge in [-0.1, -0.05) is 18.1 Å². The van der Waals surface area contributed by atoms with Gasteiger partial charge < -0.3 is 10.2 Å². The number of aromatic nitrogens is 4. The van der Waals surface area contributed by atoms with Crippen molar-refractivity contribution in [3.05, 3.63) is 41.5 Å². The monoisotopic (exact) mass is 354 g/mol. The maximum absolute atomic E-state index is 13.0. The van der Waals surface area contributed by atoms with E-state index in [1.807, 2.05) is 28.6 Å². The third kappa shape index (κ3) is 3.49. The first kappa shape index (κ1) is 17.1. The number of rotatable bonds is 4. The van der Waals surface area contributed by atoms with E-state index >= 15 is 0 Å². The summed E-state index contributed by atoms with van der Waals surface area (Å²) in [5.74, 6) is 0.661. The van der Waals surface area contributed by atoms with Gasteiger partial charge in [-0.25, -0.2) is 4.68 Å². The van der Waals surface area contributed by atoms with E-state index in [-0.39, 0.29) is 11.9 Å². The molecule has 2 fully saturated rings. The van der Waals surface area contributed by atoms with Crippen LogP contribution in [0.1, 0.15) is 53.5 Å². The van der Waals surface area contributed by atoms with Gasteiger partial charge >= 0.3 is 0 Å². The van der Waals surface area contributed by atoms with Gasteiger partial charge in [-0.2, -0.15) is 0 Å². The van der Waals surface area contributed by atoms with Gasteiger partial charge in [0.1, 0.15) is 0 Å². The quantitative estimate of drug-likeness (QED) is 0.908. The maximum Gasteiger partial charge on any atom is 0.276 e. The van der Waals surface area contributed by atoms with Crippen molar-refractivity contribution in [2.75, 3.05) is 19.6 Å². The lowest BCUT2D eigenvalue weighted by molar-refractivity contribution is 0.0696. The standard InChI is InChI=1S/C19H26N6O/c1-14-18(22-23-25(14)12-15-4-2-3-5-15)19(26)24-11-10-21-17(13-24)16-6-8-20-9-7-16/h6-9,15,17,21H,2-5,10-13H2,1H3. The maximum atomic E-state index is 13.0. The summed E-state index contributed by atoms with van der Waals surface area (Å²) in [5, 5.41) is 12.0. The zero-order chi connectivity index (χ0) is 17.9. The summed E-state index contributed by atoms with van der Waals surface area (Å²) in [4.78, 5) is 19.0. The van der Waals surface area contributed by atoms with Crippen molar-refractivity contribution in [3.63, 3.8) is 0 Å². The van der Waals surface area contributed by atoms with Gasteiger partial charge in [0.2, 0.25) is 0 Å². The minimum absolute atomic E-state index is 0.0132. The molecule has 1 amide bonds. The van der Waals surface area contributed by atoms with E-state index in [0.717, 1.165) is 24.3 Å². The first-order valence-electron chi connectivity index (χ1n) is 9.55. The van der Waals surface area contributed by atoms with Crippen LogP contribution in [0.2, 0.25) is 0 Å². The molecule has 138 valence electrons. The molecule has 4 rings (SSSR count). The van der Waals surface area contributed by atoms with Crippen molar-refractivity contribution < 1.29 is 4.79 Å². The Balaban J connectivity index is 1.46. The van der Waals surface area contributed by atoms with Crippen LogP contribution in [0.3, 0.4) is 0 Å². The second-order valence-corrected chi connectivity index (χ2v) is 7.39. The average Bonchev–Trinajstić information content (AvgIpc) is 3.33. The SMILES string of the molecule is Cc1c(C(=O)N2CCNC(c3ccncc3)C2)nnn1CC1CCCC1. The molecule has 3 heterocycles. The normalized spacial score (nSPS) is 21.3. The lowest BCUT2D eigenvalue weighted by Gasteiger charge is -2.33. The topological polar surface area (TPSA) is 75.9 Å². The largest absolute Gasteiger partial charge is 0.334 e. The van der Waals surface area contributed by atoms with E-state index in [2.05, 4.69) is 20.6 Å². The molecule has 1 unspecified atom stereocenters. The minimum Gasteiger partial charge on any atom is -0.334 e. The molecule has 1 saturated heterocycles. The number of hydrogen-bond acceptors (Lipinski definition) is 5. The van der Waals surface area contributed by atoms with Gasteiger partial charge in [0.25, 0.3) is 5.91 Å². The van der Waals surface area contributed by atoms with E-state index in [1.54, 1.807) is 12.4 Å². The zero-order valence-electron chi connectivity index (χ0n) is 15.3. The molecule has 1 aliphatic carbocycles. The lowest BCUT2D eigenvalue weighted by atomic mass is 10.1. The molecule has 2 aromatic rings. The highest BCUT2D eigenvalue weighted by Gasteiger charge is 2.28. The van der Waals surface area contributed by atoms with Crippen LogP contribution >= 0.6 is 0 Å². The van der Waals surface area contributed by atoms with Crippen LogP contribution in [0.15, 0.2) is 24.5 Å². The van der Waals surface area contributed by atoms with Gasteiger partial charge in [0.05, 0.1) is 11.7 Å². The molecule has 2 aliphatic rings. The summed E-state index contributed by atoms with van der Waals surface area (Å²) in [6, 6.07) is 4.12. The molecule has 0 spiro atoms. The molecule has 7 nitrogen and oxygen atoms in total. The number of amides is 1. The summed E-state index contributed by atoms with van der Waals surface area (Å²) < 4.78 is 1.92. The van der Waals surface area contributed by atoms with E-state index in [9.17, 15) is 4.79 Å². The van der Waals surface area contributed by atoms with Crippen LogP contribution in [0.25, 0.3) is 0 Å². The van der Waals surface area contributed by atoms with Gasteiger partial charge in [0, 0.05) is 38.6 Å². The van der Waals surface area contributed by atoms with E-state index in [1.165, 1.54) is 25.7 Å². The van der Waals surface area contributed by atoms with E-state index in [4.69, 9.17) is 0 Å². The molecule has 26 heavy (non-hydrogen) atoms. The van der Waals surface area contributed by atoms with E-state index in [0.29, 0.717) is 24.7 Å². The molecule has 0 aromatic carbocycles. The number of nitrogens with zero attached hydrogens (tertiary/aromatic N) is 5. The molecule has 1 saturated carbocycles. The van der Waals surface area contributed by atoms with Crippen molar-refractivity contribution in [2.45, 2.75) is 45.2 Å². The fourth-order valence-electron chi connectivity index (χ4n) is 4.07. The van der Waals surface area contributed by atoms with Crippen LogP contribution in [0, 0.1) is 12.8 Å². The number of piperazine rings is 1. The molecule has 1 atom stereocenters. The van der Waals surface area contributed by atoms with Gasteiger partial charge in [-0.05, 0) is 43.4 Å². The van der Waals surface area contributed by atoms with Crippen molar-refractivity contribution in [1.82, 2.24) is 30.2 Å². The summed E-state index contributed by atoms with van der Waals surface area (Å²) in [7, 11) is 0. The molecule has 1 N–H and O–H groups in total. The second-order valence-electron chi connectivity index (χ2n) is 7.39. The fourth-order valence-corrected chi connectivity index (χ4v) is 4.07. The smallest absolute Gasteiger partial charge is 0.276 e. The highest BCUT2D eigenvalue weighted by atomic mass is 16.2. The Morgan fingerprint density at radius 1 is 1.27 bits per heavy atom. The zero-order valence-corrected chi connectivity index (χ0v) is 15.3. The van der Waals surface area contributed by atoms with Gasteiger partial charge in [0.15, 0.2) is 5.69 Å². The second kappa shape index (κ2) is 7.53. The van der Waals surface area contributed by atoms with Crippen LogP contribution in [-0.2, 0) is 6.54 Å². The minimum atomic E-state index is -0.0132. The van der Waals surface area contributed by atoms with Crippen molar-refractivity contribution in [1.29, 1.82) is 0 Å². The Hall–Kier alpha value is -2.28. The molecule has 0 bridgehead atoms. The Labute approximate surface area is 153 Å². The lowest BCUT2D eigenvalue weighted by Crippen LogP contribution is -2.48. The molecular weight excluding hydrogens is 328 g/mol. The number of carbonyl (C=O) groups is 1. The Bertz CT molecular complexity index is 753. The summed E-state index contributed by atoms with van der Waals surface area (Å²) in [5.41, 5.74) is 2.54. The molecule has 1 aliphatic heterocycles. The first-order valence-corrected chi connectivity index (χ1v) is 9.55. The fraction of sp³-hybridized carbons (Fsp3) is 0.579. The molecular formula is C19H26N6O. The average molecular weight is 354 g/mol. The van der Waals surface area contributed by atoms with Gasteiger partial charge in [-0.15, -0.1) is 5.10 Å². The highest BCUT2D eigenvalue weighted by Crippen LogP contribution is 2.26. The van der Waals surface area contributed by atoms with Crippen LogP contribution in [0.5, 0.6) is 0 Å². The molecule has 7 heteroatoms.